The Hall–Kier alpha value is -2.93. The summed E-state index contributed by atoms with van der Waals surface area (Å²) in [5.74, 6) is -0.382. The van der Waals surface area contributed by atoms with E-state index in [0.717, 1.165) is 22.0 Å². The van der Waals surface area contributed by atoms with Crippen LogP contribution in [0.3, 0.4) is 0 Å². The molecule has 0 spiro atoms. The maximum Gasteiger partial charge on any atom is 0.272 e. The van der Waals surface area contributed by atoms with E-state index in [1.165, 1.54) is 0 Å². The molecule has 0 radical (unpaired) electrons. The molecule has 0 saturated carbocycles. The molecule has 2 heterocycles. The van der Waals surface area contributed by atoms with Crippen LogP contribution in [0.4, 0.5) is 0 Å². The van der Waals surface area contributed by atoms with E-state index in [1.807, 2.05) is 59.5 Å². The van der Waals surface area contributed by atoms with Crippen LogP contribution in [0.2, 0.25) is 0 Å². The lowest BCUT2D eigenvalue weighted by molar-refractivity contribution is 0.0745. The van der Waals surface area contributed by atoms with Gasteiger partial charge >= 0.3 is 0 Å². The summed E-state index contributed by atoms with van der Waals surface area (Å²) in [6, 6.07) is 19.2. The van der Waals surface area contributed by atoms with Gasteiger partial charge in [-0.15, -0.1) is 0 Å². The minimum absolute atomic E-state index is 0.0938. The summed E-state index contributed by atoms with van der Waals surface area (Å²) >= 11 is 3.48. The summed E-state index contributed by atoms with van der Waals surface area (Å²) in [5.41, 5.74) is 2.79. The smallest absolute Gasteiger partial charge is 0.272 e. The highest BCUT2D eigenvalue weighted by Crippen LogP contribution is 2.18. The van der Waals surface area contributed by atoms with Crippen molar-refractivity contribution in [3.63, 3.8) is 0 Å². The van der Waals surface area contributed by atoms with Crippen molar-refractivity contribution in [1.29, 1.82) is 0 Å². The van der Waals surface area contributed by atoms with Gasteiger partial charge in [-0.25, -0.2) is 0 Å². The van der Waals surface area contributed by atoms with Crippen molar-refractivity contribution in [3.8, 4) is 0 Å². The molecular formula is C22H21BrN4O2. The summed E-state index contributed by atoms with van der Waals surface area (Å²) in [6.45, 7) is 2.22. The van der Waals surface area contributed by atoms with Gasteiger partial charge in [0, 0.05) is 36.7 Å². The molecule has 148 valence electrons. The average molecular weight is 453 g/mol. The van der Waals surface area contributed by atoms with E-state index < -0.39 is 0 Å². The Balaban J connectivity index is 1.48. The number of rotatable bonds is 5. The summed E-state index contributed by atoms with van der Waals surface area (Å²) in [4.78, 5) is 27.4. The molecule has 0 saturated heterocycles. The van der Waals surface area contributed by atoms with Gasteiger partial charge in [-0.3, -0.25) is 14.3 Å². The van der Waals surface area contributed by atoms with E-state index in [9.17, 15) is 9.59 Å². The topological polar surface area (TPSA) is 67.2 Å². The fraction of sp³-hybridized carbons (Fsp3) is 0.227. The standard InChI is InChI=1S/C22H21BrN4O2/c23-18-10-5-4-9-17(18)14-24-21(28)19-13-20-22(29)26(11-6-12-27(20)25-19)15-16-7-2-1-3-8-16/h1-5,7-10,13H,6,11-12,14-15H2,(H,24,28). The lowest BCUT2D eigenvalue weighted by atomic mass is 10.2. The third-order valence-electron chi connectivity index (χ3n) is 4.93. The molecule has 2 aromatic carbocycles. The van der Waals surface area contributed by atoms with Gasteiger partial charge < -0.3 is 10.2 Å². The van der Waals surface area contributed by atoms with Crippen LogP contribution in [0.15, 0.2) is 65.1 Å². The van der Waals surface area contributed by atoms with Gasteiger partial charge in [-0.1, -0.05) is 64.5 Å². The highest BCUT2D eigenvalue weighted by atomic mass is 79.9. The van der Waals surface area contributed by atoms with Gasteiger partial charge in [0.2, 0.25) is 0 Å². The first-order valence-corrected chi connectivity index (χ1v) is 10.3. The number of benzene rings is 2. The number of nitrogens with one attached hydrogen (secondary N) is 1. The Morgan fingerprint density at radius 1 is 1.07 bits per heavy atom. The monoisotopic (exact) mass is 452 g/mol. The number of nitrogens with zero attached hydrogens (tertiary/aromatic N) is 3. The molecule has 1 aromatic heterocycles. The molecule has 1 aliphatic rings. The zero-order chi connectivity index (χ0) is 20.2. The summed E-state index contributed by atoms with van der Waals surface area (Å²) < 4.78 is 2.59. The molecule has 4 rings (SSSR count). The average Bonchev–Trinajstić information content (AvgIpc) is 3.11. The SMILES string of the molecule is O=C(NCc1ccccc1Br)c1cc2n(n1)CCCN(Cc1ccccc1)C2=O. The van der Waals surface area contributed by atoms with Crippen LogP contribution in [-0.2, 0) is 19.6 Å². The number of hydrogen-bond donors (Lipinski definition) is 1. The van der Waals surface area contributed by atoms with E-state index in [1.54, 1.807) is 10.7 Å². The van der Waals surface area contributed by atoms with Gasteiger partial charge in [0.05, 0.1) is 0 Å². The molecule has 1 aliphatic heterocycles. The van der Waals surface area contributed by atoms with Gasteiger partial charge in [0.1, 0.15) is 5.69 Å². The quantitative estimate of drug-likeness (QED) is 0.642. The second-order valence-electron chi connectivity index (χ2n) is 6.98. The molecule has 0 atom stereocenters. The first-order chi connectivity index (χ1) is 14.1. The van der Waals surface area contributed by atoms with E-state index in [2.05, 4.69) is 26.3 Å². The largest absolute Gasteiger partial charge is 0.347 e. The fourth-order valence-electron chi connectivity index (χ4n) is 3.41. The van der Waals surface area contributed by atoms with Crippen LogP contribution in [-0.4, -0.2) is 33.0 Å². The summed E-state index contributed by atoms with van der Waals surface area (Å²) in [5, 5.41) is 7.26. The zero-order valence-corrected chi connectivity index (χ0v) is 17.4. The van der Waals surface area contributed by atoms with Crippen molar-refractivity contribution in [2.45, 2.75) is 26.1 Å². The van der Waals surface area contributed by atoms with Crippen LogP contribution in [0.1, 0.15) is 38.5 Å². The first-order valence-electron chi connectivity index (χ1n) is 9.54. The lowest BCUT2D eigenvalue weighted by Crippen LogP contribution is -2.30. The number of carbonyl (C=O) groups excluding carboxylic acids is 2. The Labute approximate surface area is 177 Å². The molecule has 0 unspecified atom stereocenters. The molecule has 3 aromatic rings. The maximum absolute atomic E-state index is 13.0. The Bertz CT molecular complexity index is 1030. The highest BCUT2D eigenvalue weighted by molar-refractivity contribution is 9.10. The van der Waals surface area contributed by atoms with Crippen molar-refractivity contribution < 1.29 is 9.59 Å². The summed E-state index contributed by atoms with van der Waals surface area (Å²) in [7, 11) is 0. The van der Waals surface area contributed by atoms with Gasteiger partial charge in [0.15, 0.2) is 5.69 Å². The van der Waals surface area contributed by atoms with E-state index in [-0.39, 0.29) is 17.5 Å². The van der Waals surface area contributed by atoms with Crippen LogP contribution in [0.25, 0.3) is 0 Å². The number of amides is 2. The predicted molar refractivity (Wildman–Crippen MR) is 113 cm³/mol. The van der Waals surface area contributed by atoms with Crippen molar-refractivity contribution in [1.82, 2.24) is 20.0 Å². The molecule has 2 amide bonds. The maximum atomic E-state index is 13.0. The number of aryl methyl sites for hydroxylation is 1. The number of carbonyl (C=O) groups is 2. The molecule has 1 N–H and O–H groups in total. The van der Waals surface area contributed by atoms with Crippen LogP contribution in [0.5, 0.6) is 0 Å². The van der Waals surface area contributed by atoms with Crippen molar-refractivity contribution in [2.24, 2.45) is 0 Å². The van der Waals surface area contributed by atoms with Crippen molar-refractivity contribution >= 4 is 27.7 Å². The van der Waals surface area contributed by atoms with E-state index in [0.29, 0.717) is 31.9 Å². The molecule has 6 nitrogen and oxygen atoms in total. The van der Waals surface area contributed by atoms with Crippen LogP contribution < -0.4 is 5.32 Å². The van der Waals surface area contributed by atoms with Crippen molar-refractivity contribution in [3.05, 3.63) is 87.7 Å². The molecule has 7 heteroatoms. The van der Waals surface area contributed by atoms with Crippen molar-refractivity contribution in [2.75, 3.05) is 6.54 Å². The first kappa shape index (κ1) is 19.4. The second kappa shape index (κ2) is 8.61. The number of aromatic nitrogens is 2. The Kier molecular flexibility index (Phi) is 5.76. The number of fused-ring (bicyclic) bond motifs is 1. The third kappa shape index (κ3) is 4.40. The molecule has 0 fully saturated rings. The lowest BCUT2D eigenvalue weighted by Gasteiger charge is -2.20. The third-order valence-corrected chi connectivity index (χ3v) is 5.70. The molecule has 29 heavy (non-hydrogen) atoms. The van der Waals surface area contributed by atoms with Gasteiger partial charge in [-0.05, 0) is 23.6 Å². The normalized spacial score (nSPS) is 13.7. The number of hydrogen-bond acceptors (Lipinski definition) is 3. The molecule has 0 bridgehead atoms. The Morgan fingerprint density at radius 3 is 2.62 bits per heavy atom. The Morgan fingerprint density at radius 2 is 1.83 bits per heavy atom. The van der Waals surface area contributed by atoms with Crippen LogP contribution in [0, 0.1) is 0 Å². The molecular weight excluding hydrogens is 432 g/mol. The minimum Gasteiger partial charge on any atom is -0.347 e. The van der Waals surface area contributed by atoms with E-state index in [4.69, 9.17) is 0 Å². The predicted octanol–water partition coefficient (Wildman–Crippen LogP) is 3.62. The summed E-state index contributed by atoms with van der Waals surface area (Å²) in [6.07, 6.45) is 0.797. The fourth-order valence-corrected chi connectivity index (χ4v) is 3.83. The number of halogens is 1. The van der Waals surface area contributed by atoms with Gasteiger partial charge in [-0.2, -0.15) is 5.10 Å². The van der Waals surface area contributed by atoms with Crippen LogP contribution >= 0.6 is 15.9 Å². The zero-order valence-electron chi connectivity index (χ0n) is 15.8. The van der Waals surface area contributed by atoms with Gasteiger partial charge in [0.25, 0.3) is 11.8 Å². The van der Waals surface area contributed by atoms with E-state index >= 15 is 0 Å². The minimum atomic E-state index is -0.288. The second-order valence-corrected chi connectivity index (χ2v) is 7.83. The highest BCUT2D eigenvalue weighted by Gasteiger charge is 2.26. The molecule has 0 aliphatic carbocycles.